The first-order valence-corrected chi connectivity index (χ1v) is 7.83. The van der Waals surface area contributed by atoms with Gasteiger partial charge in [0.1, 0.15) is 6.10 Å². The molecule has 5 heteroatoms. The van der Waals surface area contributed by atoms with Crippen molar-refractivity contribution in [2.75, 3.05) is 11.9 Å². The Hall–Kier alpha value is -2.04. The lowest BCUT2D eigenvalue weighted by Crippen LogP contribution is -2.27. The van der Waals surface area contributed by atoms with Gasteiger partial charge in [-0.05, 0) is 56.4 Å². The molecule has 1 aromatic carbocycles. The Labute approximate surface area is 131 Å². The van der Waals surface area contributed by atoms with E-state index < -0.39 is 6.09 Å². The molecule has 2 atom stereocenters. The van der Waals surface area contributed by atoms with Crippen LogP contribution in [-0.2, 0) is 9.47 Å². The van der Waals surface area contributed by atoms with Gasteiger partial charge < -0.3 is 9.47 Å². The van der Waals surface area contributed by atoms with E-state index in [2.05, 4.69) is 12.2 Å². The second-order valence-corrected chi connectivity index (χ2v) is 5.72. The zero-order valence-electron chi connectivity index (χ0n) is 13.1. The number of rotatable bonds is 4. The predicted molar refractivity (Wildman–Crippen MR) is 83.9 cm³/mol. The number of hydrogen-bond donors (Lipinski definition) is 1. The minimum absolute atomic E-state index is 0.00237. The van der Waals surface area contributed by atoms with Gasteiger partial charge >= 0.3 is 12.1 Å². The van der Waals surface area contributed by atoms with Crippen LogP contribution < -0.4 is 5.32 Å². The molecule has 22 heavy (non-hydrogen) atoms. The molecule has 120 valence electrons. The number of carbonyl (C=O) groups excluding carboxylic acids is 2. The van der Waals surface area contributed by atoms with Gasteiger partial charge in [0.05, 0.1) is 12.2 Å². The molecule has 1 saturated carbocycles. The minimum atomic E-state index is -0.442. The van der Waals surface area contributed by atoms with Crippen molar-refractivity contribution >= 4 is 17.7 Å². The molecule has 1 aliphatic rings. The molecule has 1 aromatic rings. The first kappa shape index (κ1) is 16.3. The fourth-order valence-corrected chi connectivity index (χ4v) is 2.69. The third-order valence-electron chi connectivity index (χ3n) is 3.80. The molecule has 0 saturated heterocycles. The van der Waals surface area contributed by atoms with E-state index in [1.165, 1.54) is 6.42 Å². The number of ether oxygens (including phenoxy) is 2. The first-order chi connectivity index (χ1) is 10.6. The Morgan fingerprint density at radius 2 is 1.95 bits per heavy atom. The van der Waals surface area contributed by atoms with E-state index in [0.717, 1.165) is 19.3 Å². The smallest absolute Gasteiger partial charge is 0.411 e. The third kappa shape index (κ3) is 4.76. The standard InChI is InChI=1S/C17H23NO4/c1-3-21-16(19)13-7-9-14(10-8-13)18-17(20)22-15-6-4-5-12(2)11-15/h7-10,12,15H,3-6,11H2,1-2H3,(H,18,20)/t12-,15+/m1/s1. The number of amides is 1. The van der Waals surface area contributed by atoms with Crippen LogP contribution in [0.25, 0.3) is 0 Å². The third-order valence-corrected chi connectivity index (χ3v) is 3.80. The summed E-state index contributed by atoms with van der Waals surface area (Å²) in [6.07, 6.45) is 3.73. The van der Waals surface area contributed by atoms with Crippen LogP contribution in [0.1, 0.15) is 49.9 Å². The number of benzene rings is 1. The molecule has 2 rings (SSSR count). The van der Waals surface area contributed by atoms with Gasteiger partial charge in [0.2, 0.25) is 0 Å². The van der Waals surface area contributed by atoms with Crippen molar-refractivity contribution in [3.63, 3.8) is 0 Å². The van der Waals surface area contributed by atoms with E-state index in [1.807, 2.05) is 0 Å². The van der Waals surface area contributed by atoms with Crippen molar-refractivity contribution in [2.24, 2.45) is 5.92 Å². The van der Waals surface area contributed by atoms with Gasteiger partial charge in [0.15, 0.2) is 0 Å². The van der Waals surface area contributed by atoms with Gasteiger partial charge in [-0.3, -0.25) is 5.32 Å². The molecule has 0 unspecified atom stereocenters. The molecule has 0 heterocycles. The fraction of sp³-hybridized carbons (Fsp3) is 0.529. The average molecular weight is 305 g/mol. The maximum Gasteiger partial charge on any atom is 0.411 e. The summed E-state index contributed by atoms with van der Waals surface area (Å²) >= 11 is 0. The lowest BCUT2D eigenvalue weighted by atomic mass is 9.89. The molecular weight excluding hydrogens is 282 g/mol. The van der Waals surface area contributed by atoms with Crippen LogP contribution in [-0.4, -0.2) is 24.8 Å². The van der Waals surface area contributed by atoms with Crippen molar-refractivity contribution < 1.29 is 19.1 Å². The van der Waals surface area contributed by atoms with E-state index in [9.17, 15) is 9.59 Å². The van der Waals surface area contributed by atoms with Crippen molar-refractivity contribution in [1.29, 1.82) is 0 Å². The average Bonchev–Trinajstić information content (AvgIpc) is 2.48. The van der Waals surface area contributed by atoms with Gasteiger partial charge in [-0.1, -0.05) is 13.3 Å². The van der Waals surface area contributed by atoms with Crippen LogP contribution in [0, 0.1) is 5.92 Å². The Kier molecular flexibility index (Phi) is 5.81. The Morgan fingerprint density at radius 1 is 1.23 bits per heavy atom. The fourth-order valence-electron chi connectivity index (χ4n) is 2.69. The van der Waals surface area contributed by atoms with E-state index in [1.54, 1.807) is 31.2 Å². The van der Waals surface area contributed by atoms with Crippen LogP contribution in [0.3, 0.4) is 0 Å². The van der Waals surface area contributed by atoms with E-state index >= 15 is 0 Å². The van der Waals surface area contributed by atoms with Crippen molar-refractivity contribution in [3.05, 3.63) is 29.8 Å². The van der Waals surface area contributed by atoms with Gasteiger partial charge in [-0.2, -0.15) is 0 Å². The second kappa shape index (κ2) is 7.82. The number of carbonyl (C=O) groups is 2. The molecule has 0 aliphatic heterocycles. The van der Waals surface area contributed by atoms with Crippen LogP contribution in [0.5, 0.6) is 0 Å². The summed E-state index contributed by atoms with van der Waals surface area (Å²) in [7, 11) is 0. The molecule has 5 nitrogen and oxygen atoms in total. The lowest BCUT2D eigenvalue weighted by Gasteiger charge is -2.26. The summed E-state index contributed by atoms with van der Waals surface area (Å²) in [4.78, 5) is 23.4. The Balaban J connectivity index is 1.85. The zero-order valence-corrected chi connectivity index (χ0v) is 13.1. The number of esters is 1. The van der Waals surface area contributed by atoms with E-state index in [4.69, 9.17) is 9.47 Å². The summed E-state index contributed by atoms with van der Waals surface area (Å²) in [6.45, 7) is 4.28. The Morgan fingerprint density at radius 3 is 2.59 bits per heavy atom. The van der Waals surface area contributed by atoms with Crippen LogP contribution >= 0.6 is 0 Å². The van der Waals surface area contributed by atoms with Crippen molar-refractivity contribution in [2.45, 2.75) is 45.6 Å². The van der Waals surface area contributed by atoms with Gasteiger partial charge in [0, 0.05) is 5.69 Å². The minimum Gasteiger partial charge on any atom is -0.462 e. The summed E-state index contributed by atoms with van der Waals surface area (Å²) < 4.78 is 10.3. The van der Waals surface area contributed by atoms with Gasteiger partial charge in [0.25, 0.3) is 0 Å². The zero-order chi connectivity index (χ0) is 15.9. The maximum absolute atomic E-state index is 11.9. The predicted octanol–water partition coefficient (Wildman–Crippen LogP) is 3.99. The van der Waals surface area contributed by atoms with Gasteiger partial charge in [-0.25, -0.2) is 9.59 Å². The molecule has 0 bridgehead atoms. The summed E-state index contributed by atoms with van der Waals surface area (Å²) in [5, 5.41) is 2.69. The molecule has 1 N–H and O–H groups in total. The molecular formula is C17H23NO4. The van der Waals surface area contributed by atoms with Crippen molar-refractivity contribution in [3.8, 4) is 0 Å². The molecule has 0 aromatic heterocycles. The van der Waals surface area contributed by atoms with Gasteiger partial charge in [-0.15, -0.1) is 0 Å². The van der Waals surface area contributed by atoms with E-state index in [-0.39, 0.29) is 12.1 Å². The summed E-state index contributed by atoms with van der Waals surface area (Å²) in [5.41, 5.74) is 1.06. The quantitative estimate of drug-likeness (QED) is 0.854. The maximum atomic E-state index is 11.9. The lowest BCUT2D eigenvalue weighted by molar-refractivity contribution is 0.0526. The summed E-state index contributed by atoms with van der Waals surface area (Å²) in [6, 6.07) is 6.57. The highest BCUT2D eigenvalue weighted by molar-refractivity contribution is 5.91. The number of nitrogens with one attached hydrogen (secondary N) is 1. The van der Waals surface area contributed by atoms with Crippen LogP contribution in [0.2, 0.25) is 0 Å². The van der Waals surface area contributed by atoms with Crippen molar-refractivity contribution in [1.82, 2.24) is 0 Å². The highest BCUT2D eigenvalue weighted by Crippen LogP contribution is 2.26. The highest BCUT2D eigenvalue weighted by atomic mass is 16.6. The molecule has 0 radical (unpaired) electrons. The monoisotopic (exact) mass is 305 g/mol. The first-order valence-electron chi connectivity index (χ1n) is 7.83. The Bertz CT molecular complexity index is 512. The van der Waals surface area contributed by atoms with E-state index in [0.29, 0.717) is 23.8 Å². The highest BCUT2D eigenvalue weighted by Gasteiger charge is 2.22. The SMILES string of the molecule is CCOC(=O)c1ccc(NC(=O)O[C@H]2CCC[C@@H](C)C2)cc1. The number of anilines is 1. The van der Waals surface area contributed by atoms with Crippen LogP contribution in [0.15, 0.2) is 24.3 Å². The van der Waals surface area contributed by atoms with Crippen LogP contribution in [0.4, 0.5) is 10.5 Å². The second-order valence-electron chi connectivity index (χ2n) is 5.72. The molecule has 1 aliphatic carbocycles. The molecule has 1 fully saturated rings. The normalized spacial score (nSPS) is 21.0. The molecule has 0 spiro atoms. The largest absolute Gasteiger partial charge is 0.462 e. The summed E-state index contributed by atoms with van der Waals surface area (Å²) in [5.74, 6) is 0.239. The topological polar surface area (TPSA) is 64.6 Å². The number of hydrogen-bond acceptors (Lipinski definition) is 4. The molecule has 1 amide bonds.